The number of nitrogens with zero attached hydrogens (tertiary/aromatic N) is 2. The van der Waals surface area contributed by atoms with Gasteiger partial charge in [0.05, 0.1) is 6.61 Å². The molecule has 1 heterocycles. The van der Waals surface area contributed by atoms with Crippen molar-refractivity contribution >= 4 is 33.4 Å². The Hall–Kier alpha value is -2.98. The number of ether oxygens (including phenoxy) is 2. The summed E-state index contributed by atoms with van der Waals surface area (Å²) in [6.45, 7) is 9.26. The molecule has 4 rings (SSSR count). The first-order chi connectivity index (χ1) is 19.9. The summed E-state index contributed by atoms with van der Waals surface area (Å²) < 4.78 is 40.3. The number of unbranched alkanes of at least 4 members (excludes halogenated alkanes) is 1. The number of hydrogen-bond donors (Lipinski definition) is 1. The number of hydrogen-bond acceptors (Lipinski definition) is 7. The topological polar surface area (TPSA) is 114 Å². The Morgan fingerprint density at radius 3 is 2.40 bits per heavy atom. The number of amides is 2. The molecule has 1 spiro atoms. The summed E-state index contributed by atoms with van der Waals surface area (Å²) in [5.41, 5.74) is 0.390. The monoisotopic (exact) mass is 599 g/mol. The van der Waals surface area contributed by atoms with Gasteiger partial charge in [-0.3, -0.25) is 14.7 Å². The van der Waals surface area contributed by atoms with Gasteiger partial charge in [-0.15, -0.1) is 0 Å². The summed E-state index contributed by atoms with van der Waals surface area (Å²) in [6.07, 6.45) is 8.71. The molecule has 2 aliphatic carbocycles. The Bertz CT molecular complexity index is 1350. The van der Waals surface area contributed by atoms with Gasteiger partial charge >= 0.3 is 6.09 Å². The fourth-order valence-electron chi connectivity index (χ4n) is 6.08. The van der Waals surface area contributed by atoms with Crippen LogP contribution in [-0.2, 0) is 24.3 Å². The van der Waals surface area contributed by atoms with E-state index in [0.717, 1.165) is 49.9 Å². The summed E-state index contributed by atoms with van der Waals surface area (Å²) >= 11 is 0. The molecule has 1 saturated carbocycles. The zero-order valence-corrected chi connectivity index (χ0v) is 26.4. The van der Waals surface area contributed by atoms with E-state index in [4.69, 9.17) is 14.5 Å². The van der Waals surface area contributed by atoms with E-state index in [9.17, 15) is 18.0 Å². The van der Waals surface area contributed by atoms with Crippen molar-refractivity contribution in [2.75, 3.05) is 19.8 Å². The van der Waals surface area contributed by atoms with Crippen molar-refractivity contribution in [2.24, 2.45) is 4.99 Å². The van der Waals surface area contributed by atoms with Crippen LogP contribution in [0, 0.1) is 0 Å². The third kappa shape index (κ3) is 6.64. The molecule has 10 heteroatoms. The van der Waals surface area contributed by atoms with E-state index in [1.807, 2.05) is 36.4 Å². The van der Waals surface area contributed by atoms with Crippen LogP contribution in [0.4, 0.5) is 4.79 Å². The summed E-state index contributed by atoms with van der Waals surface area (Å²) in [5, 5.41) is 0. The molecule has 1 unspecified atom stereocenters. The van der Waals surface area contributed by atoms with Gasteiger partial charge in [-0.25, -0.2) is 17.9 Å². The minimum absolute atomic E-state index is 0.00924. The highest BCUT2D eigenvalue weighted by Crippen LogP contribution is 2.44. The molecule has 230 valence electrons. The summed E-state index contributed by atoms with van der Waals surface area (Å²) in [6, 6.07) is 9.24. The molecule has 1 aromatic rings. The molecule has 1 aromatic carbocycles. The Labute approximate surface area is 250 Å². The van der Waals surface area contributed by atoms with Crippen LogP contribution in [0.2, 0.25) is 0 Å². The number of benzene rings is 1. The first-order valence-corrected chi connectivity index (χ1v) is 16.5. The van der Waals surface area contributed by atoms with E-state index in [1.54, 1.807) is 38.7 Å². The van der Waals surface area contributed by atoms with Crippen LogP contribution in [0.3, 0.4) is 0 Å². The quantitative estimate of drug-likeness (QED) is 0.345. The number of aliphatic imine (C=N–C) groups is 1. The van der Waals surface area contributed by atoms with E-state index in [1.165, 1.54) is 0 Å². The minimum Gasteiger partial charge on any atom is -0.443 e. The summed E-state index contributed by atoms with van der Waals surface area (Å²) in [4.78, 5) is 33.4. The van der Waals surface area contributed by atoms with Crippen molar-refractivity contribution in [3.8, 4) is 0 Å². The predicted molar refractivity (Wildman–Crippen MR) is 165 cm³/mol. The molecule has 2 amide bonds. The van der Waals surface area contributed by atoms with Gasteiger partial charge in [-0.1, -0.05) is 68.7 Å². The number of nitrogens with one attached hydrogen (secondary N) is 1. The fourth-order valence-corrected chi connectivity index (χ4v) is 7.63. The van der Waals surface area contributed by atoms with Crippen molar-refractivity contribution < 1.29 is 27.5 Å². The number of sulfonamides is 1. The van der Waals surface area contributed by atoms with Crippen LogP contribution in [0.15, 0.2) is 53.0 Å². The van der Waals surface area contributed by atoms with Gasteiger partial charge < -0.3 is 9.47 Å². The molecule has 1 atom stereocenters. The molecule has 0 bridgehead atoms. The molecule has 42 heavy (non-hydrogen) atoms. The van der Waals surface area contributed by atoms with Crippen molar-refractivity contribution in [1.29, 1.82) is 0 Å². The largest absolute Gasteiger partial charge is 0.443 e. The maximum atomic E-state index is 14.3. The highest BCUT2D eigenvalue weighted by molar-refractivity contribution is 7.92. The summed E-state index contributed by atoms with van der Waals surface area (Å²) in [7, 11) is -4.41. The molecule has 3 aliphatic rings. The second kappa shape index (κ2) is 12.7. The minimum atomic E-state index is -4.41. The van der Waals surface area contributed by atoms with Crippen molar-refractivity contribution in [2.45, 2.75) is 102 Å². The van der Waals surface area contributed by atoms with Gasteiger partial charge in [0.15, 0.2) is 0 Å². The highest BCUT2D eigenvalue weighted by Gasteiger charge is 2.53. The number of allylic oxidation sites excluding steroid dienone is 2. The lowest BCUT2D eigenvalue weighted by atomic mass is 9.82. The Morgan fingerprint density at radius 1 is 1.10 bits per heavy atom. The van der Waals surface area contributed by atoms with Gasteiger partial charge in [0.2, 0.25) is 10.0 Å². The number of amidine groups is 1. The van der Waals surface area contributed by atoms with Crippen molar-refractivity contribution in [1.82, 2.24) is 9.62 Å². The van der Waals surface area contributed by atoms with Crippen molar-refractivity contribution in [3.05, 3.63) is 53.6 Å². The van der Waals surface area contributed by atoms with Crippen LogP contribution < -0.4 is 4.72 Å². The Morgan fingerprint density at radius 2 is 1.79 bits per heavy atom. The molecule has 1 N–H and O–H groups in total. The lowest BCUT2D eigenvalue weighted by molar-refractivity contribution is -0.130. The van der Waals surface area contributed by atoms with Gasteiger partial charge in [0, 0.05) is 19.6 Å². The number of rotatable bonds is 11. The van der Waals surface area contributed by atoms with Crippen LogP contribution in [-0.4, -0.2) is 66.8 Å². The number of carbonyl (C=O) groups is 2. The molecule has 0 saturated heterocycles. The summed E-state index contributed by atoms with van der Waals surface area (Å²) in [5.74, 6) is 0.794. The van der Waals surface area contributed by atoms with Gasteiger partial charge in [0.25, 0.3) is 5.91 Å². The third-order valence-corrected chi connectivity index (χ3v) is 10.0. The molecular formula is C32H45N3O6S. The first-order valence-electron chi connectivity index (χ1n) is 15.1. The second-order valence-corrected chi connectivity index (χ2v) is 14.4. The van der Waals surface area contributed by atoms with Gasteiger partial charge in [-0.05, 0) is 70.1 Å². The highest BCUT2D eigenvalue weighted by atomic mass is 32.2. The molecule has 0 radical (unpaired) electrons. The lowest BCUT2D eigenvalue weighted by Crippen LogP contribution is -2.54. The fraction of sp³-hybridized carbons (Fsp3) is 0.594. The standard InChI is InChI=1S/C32H45N3O6S/c1-6-8-16-27-33-31(19-12-13-20-31)28(36)35(27)22-24-17-18-26(25-14-10-9-11-15-25)32(21-24,23-40-7-2)42(38,39)34-29(37)41-30(3,4)5/h9-11,14-15,17-18H,6-8,12-13,16,19-23H2,1-5H3,(H,34,37). The maximum Gasteiger partial charge on any atom is 0.421 e. The van der Waals surface area contributed by atoms with Crippen LogP contribution in [0.25, 0.3) is 5.57 Å². The van der Waals surface area contributed by atoms with Crippen LogP contribution >= 0.6 is 0 Å². The first kappa shape index (κ1) is 31.9. The SMILES string of the molecule is CCCCC1=NC2(CCCC2)C(=O)N1CC1=CC=C(c2ccccc2)C(COCC)(S(=O)(=O)NC(=O)OC(C)(C)C)C1. The van der Waals surface area contributed by atoms with E-state index in [2.05, 4.69) is 11.6 Å². The lowest BCUT2D eigenvalue weighted by Gasteiger charge is -2.39. The Balaban J connectivity index is 1.75. The maximum absolute atomic E-state index is 14.3. The van der Waals surface area contributed by atoms with E-state index >= 15 is 0 Å². The van der Waals surface area contributed by atoms with E-state index in [0.29, 0.717) is 17.6 Å². The average Bonchev–Trinajstić information content (AvgIpc) is 3.50. The van der Waals surface area contributed by atoms with Gasteiger partial charge in [-0.2, -0.15) is 0 Å². The zero-order chi connectivity index (χ0) is 30.6. The molecule has 1 fully saturated rings. The molecule has 9 nitrogen and oxygen atoms in total. The molecular weight excluding hydrogens is 554 g/mol. The van der Waals surface area contributed by atoms with Crippen LogP contribution in [0.5, 0.6) is 0 Å². The van der Waals surface area contributed by atoms with Gasteiger partial charge in [0.1, 0.15) is 21.7 Å². The zero-order valence-electron chi connectivity index (χ0n) is 25.6. The molecule has 1 aliphatic heterocycles. The van der Waals surface area contributed by atoms with Crippen LogP contribution in [0.1, 0.15) is 91.5 Å². The van der Waals surface area contributed by atoms with E-state index < -0.39 is 32.0 Å². The average molecular weight is 600 g/mol. The normalized spacial score (nSPS) is 22.2. The number of carbonyl (C=O) groups excluding carboxylic acids is 2. The smallest absolute Gasteiger partial charge is 0.421 e. The van der Waals surface area contributed by atoms with Crippen molar-refractivity contribution in [3.63, 3.8) is 0 Å². The second-order valence-electron chi connectivity index (χ2n) is 12.4. The van der Waals surface area contributed by atoms with E-state index in [-0.39, 0.29) is 32.1 Å². The molecule has 0 aromatic heterocycles. The Kier molecular flexibility index (Phi) is 9.67. The predicted octanol–water partition coefficient (Wildman–Crippen LogP) is 5.77. The third-order valence-electron chi connectivity index (χ3n) is 8.09.